The number of amides is 1. The van der Waals surface area contributed by atoms with Crippen LogP contribution in [-0.4, -0.2) is 43.9 Å². The van der Waals surface area contributed by atoms with Gasteiger partial charge in [-0.15, -0.1) is 0 Å². The van der Waals surface area contributed by atoms with Gasteiger partial charge in [-0.25, -0.2) is 4.98 Å². The van der Waals surface area contributed by atoms with Gasteiger partial charge in [0.1, 0.15) is 17.6 Å². The number of ether oxygens (including phenoxy) is 1. The first-order valence-electron chi connectivity index (χ1n) is 11.2. The van der Waals surface area contributed by atoms with Gasteiger partial charge in [0.05, 0.1) is 17.9 Å². The molecule has 8 heteroatoms. The first-order chi connectivity index (χ1) is 16.4. The Morgan fingerprint density at radius 2 is 2.06 bits per heavy atom. The molecule has 5 rings (SSSR count). The minimum Gasteiger partial charge on any atom is -0.507 e. The van der Waals surface area contributed by atoms with E-state index in [1.165, 1.54) is 4.90 Å². The zero-order valence-electron chi connectivity index (χ0n) is 18.6. The van der Waals surface area contributed by atoms with Crippen LogP contribution in [0.3, 0.4) is 0 Å². The van der Waals surface area contributed by atoms with Gasteiger partial charge >= 0.3 is 0 Å². The number of nitrogens with zero attached hydrogens (tertiary/aromatic N) is 3. The second-order valence-electron chi connectivity index (χ2n) is 8.66. The van der Waals surface area contributed by atoms with Crippen molar-refractivity contribution in [1.82, 2.24) is 14.5 Å². The van der Waals surface area contributed by atoms with Crippen LogP contribution in [-0.2, 0) is 22.6 Å². The van der Waals surface area contributed by atoms with Crippen LogP contribution in [0.1, 0.15) is 36.1 Å². The molecule has 2 atom stereocenters. The Labute approximate surface area is 202 Å². The number of aryl methyl sites for hydroxylation is 1. The molecule has 3 aromatic rings. The number of hydrogen-bond acceptors (Lipinski definition) is 5. The molecule has 34 heavy (non-hydrogen) atoms. The standard InChI is InChI=1S/C26H24ClN3O4/c1-16-12-19-13-18(6-7-21(19)34-16)24(31)22-23(17-4-2-5-20(27)14-17)30(26(33)25(22)32)10-3-9-29-11-8-28-15-29/h2,4-8,11,13-16,23,31H,3,9-10,12H2,1H3. The lowest BCUT2D eigenvalue weighted by Crippen LogP contribution is -2.31. The lowest BCUT2D eigenvalue weighted by Gasteiger charge is -2.25. The summed E-state index contributed by atoms with van der Waals surface area (Å²) >= 11 is 6.25. The molecule has 2 aromatic carbocycles. The first kappa shape index (κ1) is 22.2. The highest BCUT2D eigenvalue weighted by Crippen LogP contribution is 2.41. The fourth-order valence-electron chi connectivity index (χ4n) is 4.70. The van der Waals surface area contributed by atoms with E-state index in [-0.39, 0.29) is 17.4 Å². The summed E-state index contributed by atoms with van der Waals surface area (Å²) in [5.41, 5.74) is 2.20. The quantitative estimate of drug-likeness (QED) is 0.324. The number of likely N-dealkylation sites (tertiary alicyclic amines) is 1. The van der Waals surface area contributed by atoms with Gasteiger partial charge in [0, 0.05) is 42.5 Å². The van der Waals surface area contributed by atoms with Crippen molar-refractivity contribution in [3.8, 4) is 5.75 Å². The third kappa shape index (κ3) is 4.07. The van der Waals surface area contributed by atoms with E-state index in [0.717, 1.165) is 17.7 Å². The smallest absolute Gasteiger partial charge is 0.295 e. The van der Waals surface area contributed by atoms with E-state index in [1.807, 2.05) is 29.8 Å². The molecule has 1 saturated heterocycles. The second-order valence-corrected chi connectivity index (χ2v) is 9.09. The summed E-state index contributed by atoms with van der Waals surface area (Å²) in [7, 11) is 0. The molecule has 1 aromatic heterocycles. The van der Waals surface area contributed by atoms with Gasteiger partial charge in [0.25, 0.3) is 11.7 Å². The summed E-state index contributed by atoms with van der Waals surface area (Å²) < 4.78 is 7.67. The van der Waals surface area contributed by atoms with Crippen molar-refractivity contribution in [1.29, 1.82) is 0 Å². The number of Topliss-reactive ketones (excluding diaryl/α,β-unsaturated/α-hetero) is 1. The van der Waals surface area contributed by atoms with Gasteiger partial charge < -0.3 is 19.3 Å². The van der Waals surface area contributed by atoms with Crippen LogP contribution >= 0.6 is 11.6 Å². The number of aliphatic hydroxyl groups is 1. The lowest BCUT2D eigenvalue weighted by atomic mass is 9.94. The molecule has 2 unspecified atom stereocenters. The highest BCUT2D eigenvalue weighted by atomic mass is 35.5. The van der Waals surface area contributed by atoms with Crippen molar-refractivity contribution in [3.05, 3.63) is 88.5 Å². The van der Waals surface area contributed by atoms with Gasteiger partial charge in [0.2, 0.25) is 0 Å². The Morgan fingerprint density at radius 3 is 2.82 bits per heavy atom. The van der Waals surface area contributed by atoms with Gasteiger partial charge in [-0.1, -0.05) is 23.7 Å². The molecule has 174 valence electrons. The number of rotatable bonds is 6. The monoisotopic (exact) mass is 477 g/mol. The van der Waals surface area contributed by atoms with Crippen molar-refractivity contribution >= 4 is 29.1 Å². The minimum absolute atomic E-state index is 0.0555. The van der Waals surface area contributed by atoms with Crippen LogP contribution < -0.4 is 4.74 Å². The Bertz CT molecular complexity index is 1280. The van der Waals surface area contributed by atoms with E-state index >= 15 is 0 Å². The highest BCUT2D eigenvalue weighted by Gasteiger charge is 2.46. The van der Waals surface area contributed by atoms with Crippen LogP contribution in [0.5, 0.6) is 5.75 Å². The molecule has 0 spiro atoms. The molecule has 1 fully saturated rings. The number of carbonyl (C=O) groups is 2. The zero-order valence-corrected chi connectivity index (χ0v) is 19.4. The van der Waals surface area contributed by atoms with Gasteiger partial charge in [-0.2, -0.15) is 0 Å². The van der Waals surface area contributed by atoms with Crippen molar-refractivity contribution in [2.45, 2.75) is 38.5 Å². The fraction of sp³-hybridized carbons (Fsp3) is 0.269. The predicted octanol–water partition coefficient (Wildman–Crippen LogP) is 4.37. The third-order valence-corrected chi connectivity index (χ3v) is 6.48. The van der Waals surface area contributed by atoms with Crippen LogP contribution in [0.25, 0.3) is 5.76 Å². The van der Waals surface area contributed by atoms with E-state index in [4.69, 9.17) is 16.3 Å². The maximum absolute atomic E-state index is 13.2. The minimum atomic E-state index is -0.732. The molecule has 2 aliphatic heterocycles. The van der Waals surface area contributed by atoms with Gasteiger partial charge in [-0.05, 0) is 54.8 Å². The Hall–Kier alpha value is -3.58. The Balaban J connectivity index is 1.53. The van der Waals surface area contributed by atoms with Crippen molar-refractivity contribution in [2.24, 2.45) is 0 Å². The van der Waals surface area contributed by atoms with E-state index in [2.05, 4.69) is 4.98 Å². The van der Waals surface area contributed by atoms with Crippen LogP contribution in [0.4, 0.5) is 0 Å². The largest absolute Gasteiger partial charge is 0.507 e. The summed E-state index contributed by atoms with van der Waals surface area (Å²) in [6, 6.07) is 11.7. The van der Waals surface area contributed by atoms with Gasteiger partial charge in [0.15, 0.2) is 0 Å². The number of aliphatic hydroxyl groups excluding tert-OH is 1. The molecule has 1 amide bonds. The zero-order chi connectivity index (χ0) is 23.8. The summed E-state index contributed by atoms with van der Waals surface area (Å²) in [4.78, 5) is 31.9. The molecule has 2 aliphatic rings. The normalized spacial score (nSPS) is 21.1. The van der Waals surface area contributed by atoms with E-state index in [9.17, 15) is 14.7 Å². The maximum Gasteiger partial charge on any atom is 0.295 e. The second kappa shape index (κ2) is 8.99. The van der Waals surface area contributed by atoms with E-state index in [0.29, 0.717) is 35.7 Å². The number of ketones is 1. The summed E-state index contributed by atoms with van der Waals surface area (Å²) in [5.74, 6) is -0.747. The number of halogens is 1. The number of fused-ring (bicyclic) bond motifs is 1. The molecule has 7 nitrogen and oxygen atoms in total. The molecule has 3 heterocycles. The van der Waals surface area contributed by atoms with Crippen LogP contribution in [0.2, 0.25) is 5.02 Å². The van der Waals surface area contributed by atoms with Crippen LogP contribution in [0.15, 0.2) is 66.8 Å². The number of hydrogen-bond donors (Lipinski definition) is 1. The highest BCUT2D eigenvalue weighted by molar-refractivity contribution is 6.46. The predicted molar refractivity (Wildman–Crippen MR) is 128 cm³/mol. The molecule has 0 bridgehead atoms. The van der Waals surface area contributed by atoms with Crippen molar-refractivity contribution in [3.63, 3.8) is 0 Å². The van der Waals surface area contributed by atoms with Crippen molar-refractivity contribution in [2.75, 3.05) is 6.54 Å². The maximum atomic E-state index is 13.2. The number of benzene rings is 2. The molecule has 0 aliphatic carbocycles. The fourth-order valence-corrected chi connectivity index (χ4v) is 4.90. The van der Waals surface area contributed by atoms with E-state index < -0.39 is 17.7 Å². The third-order valence-electron chi connectivity index (χ3n) is 6.25. The average molecular weight is 478 g/mol. The SMILES string of the molecule is CC1Cc2cc(C(O)=C3C(=O)C(=O)N(CCCn4ccnc4)C3c3cccc(Cl)c3)ccc2O1. The summed E-state index contributed by atoms with van der Waals surface area (Å²) in [5, 5.41) is 11.8. The number of aromatic nitrogens is 2. The number of imidazole rings is 1. The molecular weight excluding hydrogens is 454 g/mol. The first-order valence-corrected chi connectivity index (χ1v) is 11.6. The average Bonchev–Trinajstić information content (AvgIpc) is 3.52. The molecular formula is C26H24ClN3O4. The molecule has 1 N–H and O–H groups in total. The molecule has 0 radical (unpaired) electrons. The molecule has 0 saturated carbocycles. The lowest BCUT2D eigenvalue weighted by molar-refractivity contribution is -0.139. The topological polar surface area (TPSA) is 84.7 Å². The Morgan fingerprint density at radius 1 is 1.21 bits per heavy atom. The Kier molecular flexibility index (Phi) is 5.87. The van der Waals surface area contributed by atoms with Gasteiger partial charge in [-0.3, -0.25) is 9.59 Å². The van der Waals surface area contributed by atoms with E-state index in [1.54, 1.807) is 42.9 Å². The number of carbonyl (C=O) groups excluding carboxylic acids is 2. The van der Waals surface area contributed by atoms with Crippen molar-refractivity contribution < 1.29 is 19.4 Å². The van der Waals surface area contributed by atoms with Crippen LogP contribution in [0, 0.1) is 0 Å². The summed E-state index contributed by atoms with van der Waals surface area (Å²) in [6.07, 6.45) is 6.65. The summed E-state index contributed by atoms with van der Waals surface area (Å²) in [6.45, 7) is 2.97.